The van der Waals surface area contributed by atoms with Crippen molar-refractivity contribution in [3.05, 3.63) is 11.6 Å². The fourth-order valence-electron chi connectivity index (χ4n) is 9.35. The Labute approximate surface area is 229 Å². The van der Waals surface area contributed by atoms with Crippen LogP contribution < -0.4 is 5.32 Å². The third-order valence-corrected chi connectivity index (χ3v) is 11.3. The van der Waals surface area contributed by atoms with Gasteiger partial charge in [0, 0.05) is 6.42 Å². The van der Waals surface area contributed by atoms with Crippen LogP contribution in [0.5, 0.6) is 0 Å². The van der Waals surface area contributed by atoms with Crippen LogP contribution in [0.2, 0.25) is 0 Å². The number of carbonyl (C=O) groups excluding carboxylic acids is 2. The number of carboxylic acid groups (broad SMARTS) is 1. The van der Waals surface area contributed by atoms with Crippen LogP contribution in [0, 0.1) is 46.3 Å². The molecule has 214 valence electrons. The summed E-state index contributed by atoms with van der Waals surface area (Å²) in [5.41, 5.74) is 2.15. The molecule has 6 heteroatoms. The first-order valence-corrected chi connectivity index (χ1v) is 15.3. The number of esters is 1. The van der Waals surface area contributed by atoms with Crippen molar-refractivity contribution in [3.8, 4) is 0 Å². The van der Waals surface area contributed by atoms with Crippen molar-refractivity contribution >= 4 is 17.8 Å². The molecule has 4 aliphatic rings. The normalized spacial score (nSPS) is 36.9. The molecule has 0 saturated heterocycles. The Bertz CT molecular complexity index is 927. The van der Waals surface area contributed by atoms with Gasteiger partial charge in [-0.05, 0) is 91.3 Å². The third-order valence-electron chi connectivity index (χ3n) is 11.3. The summed E-state index contributed by atoms with van der Waals surface area (Å²) in [6, 6.07) is 0. The van der Waals surface area contributed by atoms with Crippen molar-refractivity contribution < 1.29 is 24.2 Å². The number of rotatable bonds is 10. The largest absolute Gasteiger partial charge is 0.481 e. The topological polar surface area (TPSA) is 92.7 Å². The van der Waals surface area contributed by atoms with E-state index in [0.29, 0.717) is 5.41 Å². The molecule has 1 amide bonds. The monoisotopic (exact) mass is 529 g/mol. The van der Waals surface area contributed by atoms with Gasteiger partial charge < -0.3 is 15.2 Å². The number of hydrogen-bond donors (Lipinski definition) is 2. The zero-order valence-electron chi connectivity index (χ0n) is 24.4. The highest BCUT2D eigenvalue weighted by molar-refractivity contribution is 5.94. The van der Waals surface area contributed by atoms with E-state index in [-0.39, 0.29) is 18.1 Å². The molecule has 0 aliphatic heterocycles. The van der Waals surface area contributed by atoms with E-state index in [4.69, 9.17) is 9.84 Å². The molecule has 4 aliphatic carbocycles. The number of nitrogens with one attached hydrogen (secondary N) is 1. The van der Waals surface area contributed by atoms with Gasteiger partial charge in [0.05, 0.1) is 0 Å². The summed E-state index contributed by atoms with van der Waals surface area (Å²) in [4.78, 5) is 34.5. The highest BCUT2D eigenvalue weighted by atomic mass is 16.5. The second-order valence-electron chi connectivity index (χ2n) is 14.0. The van der Waals surface area contributed by atoms with Gasteiger partial charge >= 0.3 is 11.9 Å². The van der Waals surface area contributed by atoms with E-state index in [0.717, 1.165) is 61.2 Å². The summed E-state index contributed by atoms with van der Waals surface area (Å²) in [6.45, 7) is 12.0. The summed E-state index contributed by atoms with van der Waals surface area (Å²) in [5.74, 6) is 2.46. The highest BCUT2D eigenvalue weighted by Crippen LogP contribution is 2.67. The van der Waals surface area contributed by atoms with Crippen LogP contribution in [0.25, 0.3) is 0 Å². The molecule has 0 bridgehead atoms. The average Bonchev–Trinajstić information content (AvgIpc) is 3.19. The molecule has 3 saturated carbocycles. The van der Waals surface area contributed by atoms with Crippen LogP contribution in [0.15, 0.2) is 11.6 Å². The first-order valence-electron chi connectivity index (χ1n) is 15.3. The van der Waals surface area contributed by atoms with Crippen molar-refractivity contribution in [1.29, 1.82) is 0 Å². The second-order valence-corrected chi connectivity index (χ2v) is 14.0. The van der Waals surface area contributed by atoms with Crippen LogP contribution in [-0.4, -0.2) is 35.6 Å². The fourth-order valence-corrected chi connectivity index (χ4v) is 9.35. The molecule has 2 N–H and O–H groups in total. The van der Waals surface area contributed by atoms with E-state index in [1.54, 1.807) is 0 Å². The van der Waals surface area contributed by atoms with Gasteiger partial charge in [-0.25, -0.2) is 0 Å². The molecule has 0 spiro atoms. The molecular weight excluding hydrogens is 478 g/mol. The zero-order valence-corrected chi connectivity index (χ0v) is 24.4. The Balaban J connectivity index is 1.35. The molecule has 8 atom stereocenters. The third kappa shape index (κ3) is 5.99. The van der Waals surface area contributed by atoms with Gasteiger partial charge in [0.15, 0.2) is 0 Å². The Morgan fingerprint density at radius 2 is 1.82 bits per heavy atom. The van der Waals surface area contributed by atoms with Crippen molar-refractivity contribution in [3.63, 3.8) is 0 Å². The standard InChI is InChI=1S/C32H51NO5/c1-20(2)7-6-8-21(3)25-11-12-26-24-10-9-22-17-23(38-30(37)19-33-28(34)18-29(35)36)13-15-31(22,4)27(24)14-16-32(25,26)5/h9,20-21,23-27H,6-8,10-19H2,1-5H3,(H,33,34)(H,35,36)/t21-,23+,24+,25?,26+,27+,31+,32-/m1/s1. The number of carboxylic acids is 1. The second kappa shape index (κ2) is 11.7. The molecule has 4 rings (SSSR count). The Kier molecular flexibility index (Phi) is 8.98. The maximum Gasteiger partial charge on any atom is 0.325 e. The number of hydrogen-bond acceptors (Lipinski definition) is 4. The highest BCUT2D eigenvalue weighted by Gasteiger charge is 2.59. The van der Waals surface area contributed by atoms with Gasteiger partial charge in [-0.1, -0.05) is 65.5 Å². The maximum atomic E-state index is 12.3. The summed E-state index contributed by atoms with van der Waals surface area (Å²) in [7, 11) is 0. The molecule has 0 radical (unpaired) electrons. The minimum absolute atomic E-state index is 0.161. The fraction of sp³-hybridized carbons (Fsp3) is 0.844. The van der Waals surface area contributed by atoms with Crippen molar-refractivity contribution in [2.75, 3.05) is 6.54 Å². The number of allylic oxidation sites excluding steroid dienone is 1. The molecule has 6 nitrogen and oxygen atoms in total. The number of amides is 1. The predicted molar refractivity (Wildman–Crippen MR) is 148 cm³/mol. The lowest BCUT2D eigenvalue weighted by molar-refractivity contribution is -0.152. The summed E-state index contributed by atoms with van der Waals surface area (Å²) in [6.07, 6.45) is 15.1. The predicted octanol–water partition coefficient (Wildman–Crippen LogP) is 6.53. The van der Waals surface area contributed by atoms with Crippen molar-refractivity contribution in [1.82, 2.24) is 5.32 Å². The lowest BCUT2D eigenvalue weighted by Crippen LogP contribution is -2.51. The lowest BCUT2D eigenvalue weighted by atomic mass is 9.47. The number of aliphatic carboxylic acids is 1. The number of fused-ring (bicyclic) bond motifs is 5. The van der Waals surface area contributed by atoms with Gasteiger partial charge in [0.2, 0.25) is 5.91 Å². The van der Waals surface area contributed by atoms with Gasteiger partial charge in [0.25, 0.3) is 0 Å². The number of carbonyl (C=O) groups is 3. The molecule has 0 heterocycles. The van der Waals surface area contributed by atoms with E-state index in [1.165, 1.54) is 50.5 Å². The Morgan fingerprint density at radius 1 is 1.05 bits per heavy atom. The Hall–Kier alpha value is -1.85. The molecule has 1 unspecified atom stereocenters. The van der Waals surface area contributed by atoms with Crippen LogP contribution in [0.3, 0.4) is 0 Å². The summed E-state index contributed by atoms with van der Waals surface area (Å²) >= 11 is 0. The van der Waals surface area contributed by atoms with E-state index < -0.39 is 24.3 Å². The van der Waals surface area contributed by atoms with Gasteiger partial charge in [-0.15, -0.1) is 0 Å². The van der Waals surface area contributed by atoms with Crippen molar-refractivity contribution in [2.45, 2.75) is 118 Å². The number of ether oxygens (including phenoxy) is 1. The van der Waals surface area contributed by atoms with E-state index >= 15 is 0 Å². The smallest absolute Gasteiger partial charge is 0.325 e. The zero-order chi connectivity index (χ0) is 27.7. The Morgan fingerprint density at radius 3 is 2.53 bits per heavy atom. The molecule has 0 aromatic heterocycles. The van der Waals surface area contributed by atoms with Gasteiger partial charge in [-0.3, -0.25) is 14.4 Å². The average molecular weight is 530 g/mol. The summed E-state index contributed by atoms with van der Waals surface area (Å²) < 4.78 is 5.71. The first-order chi connectivity index (χ1) is 17.9. The van der Waals surface area contributed by atoms with E-state index in [9.17, 15) is 14.4 Å². The van der Waals surface area contributed by atoms with Gasteiger partial charge in [0.1, 0.15) is 19.1 Å². The molecule has 3 fully saturated rings. The molecule has 0 aromatic carbocycles. The minimum Gasteiger partial charge on any atom is -0.481 e. The summed E-state index contributed by atoms with van der Waals surface area (Å²) in [5, 5.41) is 11.0. The first kappa shape index (κ1) is 29.1. The molecule has 38 heavy (non-hydrogen) atoms. The van der Waals surface area contributed by atoms with E-state index in [1.807, 2.05) is 0 Å². The van der Waals surface area contributed by atoms with Crippen LogP contribution in [0.4, 0.5) is 0 Å². The quantitative estimate of drug-likeness (QED) is 0.191. The molecular formula is C32H51NO5. The van der Waals surface area contributed by atoms with Crippen molar-refractivity contribution in [2.24, 2.45) is 46.3 Å². The van der Waals surface area contributed by atoms with E-state index in [2.05, 4.69) is 46.0 Å². The minimum atomic E-state index is -1.21. The van der Waals surface area contributed by atoms with Crippen LogP contribution >= 0.6 is 0 Å². The SMILES string of the molecule is CC(C)CCC[C@@H](C)C1CC[C@H]2[C@@H]3CC=C4C[C@@H](OC(=O)CNC(=O)CC(=O)O)CC[C@]4(C)[C@H]3CC[C@]12C. The van der Waals surface area contributed by atoms with Crippen LogP contribution in [0.1, 0.15) is 112 Å². The van der Waals surface area contributed by atoms with Gasteiger partial charge in [-0.2, -0.15) is 0 Å². The lowest BCUT2D eigenvalue weighted by Gasteiger charge is -2.58. The molecule has 0 aromatic rings. The maximum absolute atomic E-state index is 12.3. The van der Waals surface area contributed by atoms with Crippen LogP contribution in [-0.2, 0) is 19.1 Å².